The van der Waals surface area contributed by atoms with E-state index in [0.717, 1.165) is 15.2 Å². The smallest absolute Gasteiger partial charge is 0.288 e. The Bertz CT molecular complexity index is 837. The molecule has 130 valence electrons. The van der Waals surface area contributed by atoms with Crippen LogP contribution in [-0.2, 0) is 16.1 Å². The van der Waals surface area contributed by atoms with Gasteiger partial charge in [0.1, 0.15) is 11.6 Å². The number of hydrogen-bond acceptors (Lipinski definition) is 5. The van der Waals surface area contributed by atoms with Crippen LogP contribution in [0, 0.1) is 0 Å². The number of halogens is 2. The quantitative estimate of drug-likeness (QED) is 0.600. The molecule has 3 aromatic rings. The van der Waals surface area contributed by atoms with Gasteiger partial charge in [-0.3, -0.25) is 4.79 Å². The molecule has 0 aliphatic carbocycles. The zero-order valence-electron chi connectivity index (χ0n) is 12.9. The summed E-state index contributed by atoms with van der Waals surface area (Å²) in [5.74, 6) is -2.95. The first-order valence-corrected chi connectivity index (χ1v) is 9.07. The summed E-state index contributed by atoms with van der Waals surface area (Å²) in [5, 5.41) is 3.37. The Labute approximate surface area is 151 Å². The number of benzene rings is 2. The van der Waals surface area contributed by atoms with Crippen molar-refractivity contribution >= 4 is 44.9 Å². The van der Waals surface area contributed by atoms with E-state index in [-0.39, 0.29) is 13.2 Å². The molecule has 1 aromatic heterocycles. The van der Waals surface area contributed by atoms with Gasteiger partial charge in [0.25, 0.3) is 5.76 Å². The summed E-state index contributed by atoms with van der Waals surface area (Å²) < 4.78 is 31.5. The van der Waals surface area contributed by atoms with Gasteiger partial charge in [0.15, 0.2) is 0 Å². The van der Waals surface area contributed by atoms with Gasteiger partial charge in [-0.2, -0.15) is 8.78 Å². The number of carbonyl (C=O) groups excluding carboxylic acids is 1. The number of amides is 1. The van der Waals surface area contributed by atoms with E-state index < -0.39 is 11.7 Å². The molecule has 25 heavy (non-hydrogen) atoms. The number of carbonyl (C=O) groups is 1. The monoisotopic (exact) mass is 380 g/mol. The molecule has 1 N–H and O–H groups in total. The molecule has 8 heteroatoms. The van der Waals surface area contributed by atoms with Crippen LogP contribution < -0.4 is 5.32 Å². The Kier molecular flexibility index (Phi) is 5.95. The van der Waals surface area contributed by atoms with Crippen LogP contribution in [0.3, 0.4) is 0 Å². The molecule has 1 amide bonds. The molecule has 3 rings (SSSR count). The maximum atomic E-state index is 12.5. The normalized spacial score (nSPS) is 11.2. The van der Waals surface area contributed by atoms with Crippen LogP contribution in [0.25, 0.3) is 10.2 Å². The van der Waals surface area contributed by atoms with Gasteiger partial charge in [0.2, 0.25) is 5.91 Å². The van der Waals surface area contributed by atoms with Crippen LogP contribution in [0.1, 0.15) is 5.01 Å². The molecule has 0 saturated heterocycles. The lowest BCUT2D eigenvalue weighted by Gasteiger charge is -2.10. The van der Waals surface area contributed by atoms with Crippen molar-refractivity contribution in [3.05, 3.63) is 53.5 Å². The van der Waals surface area contributed by atoms with Crippen LogP contribution in [0.4, 0.5) is 14.5 Å². The van der Waals surface area contributed by atoms with E-state index >= 15 is 0 Å². The van der Waals surface area contributed by atoms with Crippen LogP contribution in [0.5, 0.6) is 0 Å². The number of anilines is 1. The molecule has 0 bridgehead atoms. The Morgan fingerprint density at radius 2 is 1.96 bits per heavy atom. The number of ether oxygens (including phenoxy) is 1. The van der Waals surface area contributed by atoms with E-state index in [0.29, 0.717) is 22.3 Å². The maximum Gasteiger partial charge on any atom is 0.288 e. The SMILES string of the molecule is O=C(COCc1nc2ccccc2s1)Nc1ccccc1SC(F)F. The highest BCUT2D eigenvalue weighted by molar-refractivity contribution is 7.99. The van der Waals surface area contributed by atoms with Crippen molar-refractivity contribution in [2.24, 2.45) is 0 Å². The van der Waals surface area contributed by atoms with Crippen molar-refractivity contribution in [3.63, 3.8) is 0 Å². The summed E-state index contributed by atoms with van der Waals surface area (Å²) in [5.41, 5.74) is 1.25. The van der Waals surface area contributed by atoms with E-state index in [1.165, 1.54) is 17.4 Å². The molecule has 2 aromatic carbocycles. The highest BCUT2D eigenvalue weighted by Crippen LogP contribution is 2.31. The predicted octanol–water partition coefficient (Wildman–Crippen LogP) is 4.77. The van der Waals surface area contributed by atoms with Crippen molar-refractivity contribution in [1.29, 1.82) is 0 Å². The van der Waals surface area contributed by atoms with Crippen molar-refractivity contribution in [3.8, 4) is 0 Å². The van der Waals surface area contributed by atoms with Crippen molar-refractivity contribution in [1.82, 2.24) is 4.98 Å². The molecule has 0 atom stereocenters. The Hall–Kier alpha value is -2.03. The van der Waals surface area contributed by atoms with E-state index in [9.17, 15) is 13.6 Å². The van der Waals surface area contributed by atoms with Crippen molar-refractivity contribution in [2.75, 3.05) is 11.9 Å². The molecule has 1 heterocycles. The second-order valence-corrected chi connectivity index (χ2v) is 7.14. The lowest BCUT2D eigenvalue weighted by molar-refractivity contribution is -0.121. The minimum absolute atomic E-state index is 0.177. The van der Waals surface area contributed by atoms with Crippen molar-refractivity contribution in [2.45, 2.75) is 17.3 Å². The number of nitrogens with zero attached hydrogens (tertiary/aromatic N) is 1. The van der Waals surface area contributed by atoms with Crippen LogP contribution in [-0.4, -0.2) is 23.3 Å². The number of alkyl halides is 2. The minimum atomic E-state index is -2.55. The van der Waals surface area contributed by atoms with Crippen LogP contribution in [0.15, 0.2) is 53.4 Å². The molecule has 4 nitrogen and oxygen atoms in total. The van der Waals surface area contributed by atoms with Gasteiger partial charge < -0.3 is 10.1 Å². The van der Waals surface area contributed by atoms with Gasteiger partial charge in [0, 0.05) is 4.90 Å². The minimum Gasteiger partial charge on any atom is -0.364 e. The fourth-order valence-electron chi connectivity index (χ4n) is 2.17. The highest BCUT2D eigenvalue weighted by Gasteiger charge is 2.12. The number of thioether (sulfide) groups is 1. The fourth-order valence-corrected chi connectivity index (χ4v) is 3.67. The van der Waals surface area contributed by atoms with Gasteiger partial charge >= 0.3 is 0 Å². The summed E-state index contributed by atoms with van der Waals surface area (Å²) in [6, 6.07) is 14.2. The predicted molar refractivity (Wildman–Crippen MR) is 96.2 cm³/mol. The third-order valence-electron chi connectivity index (χ3n) is 3.17. The first-order chi connectivity index (χ1) is 12.1. The van der Waals surface area contributed by atoms with Crippen molar-refractivity contribution < 1.29 is 18.3 Å². The second kappa shape index (κ2) is 8.37. The summed E-state index contributed by atoms with van der Waals surface area (Å²) in [4.78, 5) is 16.7. The number of fused-ring (bicyclic) bond motifs is 1. The zero-order valence-corrected chi connectivity index (χ0v) is 14.6. The summed E-state index contributed by atoms with van der Waals surface area (Å²) in [7, 11) is 0. The Morgan fingerprint density at radius 1 is 1.20 bits per heavy atom. The number of aromatic nitrogens is 1. The number of thiazole rings is 1. The Morgan fingerprint density at radius 3 is 2.76 bits per heavy atom. The molecular formula is C17H14F2N2O2S2. The van der Waals surface area contributed by atoms with Gasteiger partial charge in [-0.25, -0.2) is 4.98 Å². The third-order valence-corrected chi connectivity index (χ3v) is 4.97. The molecule has 0 aliphatic heterocycles. The van der Waals surface area contributed by atoms with E-state index in [1.807, 2.05) is 24.3 Å². The zero-order chi connectivity index (χ0) is 17.6. The number of rotatable bonds is 7. The first kappa shape index (κ1) is 17.8. The van der Waals surface area contributed by atoms with E-state index in [1.54, 1.807) is 18.2 Å². The summed E-state index contributed by atoms with van der Waals surface area (Å²) >= 11 is 1.90. The number of nitrogens with one attached hydrogen (secondary N) is 1. The number of para-hydroxylation sites is 2. The first-order valence-electron chi connectivity index (χ1n) is 7.38. The highest BCUT2D eigenvalue weighted by atomic mass is 32.2. The average Bonchev–Trinajstić information content (AvgIpc) is 2.99. The number of hydrogen-bond donors (Lipinski definition) is 1. The van der Waals surface area contributed by atoms with Crippen LogP contribution in [0.2, 0.25) is 0 Å². The molecule has 0 fully saturated rings. The van der Waals surface area contributed by atoms with Gasteiger partial charge in [0.05, 0.1) is 22.5 Å². The second-order valence-electron chi connectivity index (χ2n) is 4.99. The molecule has 0 radical (unpaired) electrons. The standard InChI is InChI=1S/C17H14F2N2O2S2/c18-17(19)25-14-8-4-1-5-11(14)20-15(22)9-23-10-16-21-12-6-2-3-7-13(12)24-16/h1-8,17H,9-10H2,(H,20,22). The molecule has 0 aliphatic rings. The molecule has 0 spiro atoms. The molecular weight excluding hydrogens is 366 g/mol. The Balaban J connectivity index is 1.53. The molecule has 0 unspecified atom stereocenters. The van der Waals surface area contributed by atoms with Crippen LogP contribution >= 0.6 is 23.1 Å². The lowest BCUT2D eigenvalue weighted by atomic mass is 10.3. The summed E-state index contributed by atoms with van der Waals surface area (Å²) in [6.45, 7) is 0.0454. The summed E-state index contributed by atoms with van der Waals surface area (Å²) in [6.07, 6.45) is 0. The van der Waals surface area contributed by atoms with E-state index in [4.69, 9.17) is 4.74 Å². The fraction of sp³-hybridized carbons (Fsp3) is 0.176. The van der Waals surface area contributed by atoms with E-state index in [2.05, 4.69) is 10.3 Å². The van der Waals surface area contributed by atoms with Gasteiger partial charge in [-0.05, 0) is 24.3 Å². The topological polar surface area (TPSA) is 51.2 Å². The third kappa shape index (κ3) is 4.97. The maximum absolute atomic E-state index is 12.5. The van der Waals surface area contributed by atoms with Gasteiger partial charge in [-0.1, -0.05) is 36.0 Å². The lowest BCUT2D eigenvalue weighted by Crippen LogP contribution is -2.18. The van der Waals surface area contributed by atoms with Gasteiger partial charge in [-0.15, -0.1) is 11.3 Å². The average molecular weight is 380 g/mol. The largest absolute Gasteiger partial charge is 0.364 e. The molecule has 0 saturated carbocycles.